The molecule has 0 saturated carbocycles. The van der Waals surface area contributed by atoms with E-state index in [1.807, 2.05) is 0 Å². The van der Waals surface area contributed by atoms with Crippen molar-refractivity contribution in [2.75, 3.05) is 26.1 Å². The molecule has 0 heterocycles. The SMILES string of the molecule is COc1cc(C(=O)O)c(NS(=O)(=O)c2cc(C)ccc2C)c(OC)c1OC. The summed E-state index contributed by atoms with van der Waals surface area (Å²) in [5.74, 6) is -1.28. The second-order valence-corrected chi connectivity index (χ2v) is 7.40. The van der Waals surface area contributed by atoms with Gasteiger partial charge in [0.15, 0.2) is 11.5 Å². The Labute approximate surface area is 157 Å². The first kappa shape index (κ1) is 20.4. The van der Waals surface area contributed by atoms with Crippen molar-refractivity contribution in [1.82, 2.24) is 0 Å². The van der Waals surface area contributed by atoms with Gasteiger partial charge in [0.2, 0.25) is 5.75 Å². The monoisotopic (exact) mass is 395 g/mol. The normalized spacial score (nSPS) is 11.0. The van der Waals surface area contributed by atoms with Gasteiger partial charge in [0.1, 0.15) is 5.69 Å². The van der Waals surface area contributed by atoms with E-state index in [0.29, 0.717) is 5.56 Å². The highest BCUT2D eigenvalue weighted by Crippen LogP contribution is 2.46. The van der Waals surface area contributed by atoms with Crippen LogP contribution in [0.4, 0.5) is 5.69 Å². The Morgan fingerprint density at radius 2 is 1.63 bits per heavy atom. The molecule has 2 rings (SSSR count). The summed E-state index contributed by atoms with van der Waals surface area (Å²) in [4.78, 5) is 11.8. The lowest BCUT2D eigenvalue weighted by Gasteiger charge is -2.19. The third-order valence-electron chi connectivity index (χ3n) is 3.93. The predicted molar refractivity (Wildman–Crippen MR) is 99.8 cm³/mol. The molecule has 9 heteroatoms. The summed E-state index contributed by atoms with van der Waals surface area (Å²) in [5, 5.41) is 9.55. The zero-order valence-corrected chi connectivity index (χ0v) is 16.4. The topological polar surface area (TPSA) is 111 Å². The predicted octanol–water partition coefficient (Wildman–Crippen LogP) is 2.83. The van der Waals surface area contributed by atoms with Gasteiger partial charge in [-0.15, -0.1) is 0 Å². The maximum Gasteiger partial charge on any atom is 0.338 e. The molecular formula is C18H21NO7S. The number of sulfonamides is 1. The average molecular weight is 395 g/mol. The molecule has 0 aliphatic heterocycles. The number of carboxylic acids is 1. The van der Waals surface area contributed by atoms with Crippen LogP contribution in [0.15, 0.2) is 29.2 Å². The number of anilines is 1. The van der Waals surface area contributed by atoms with Crippen LogP contribution in [0.2, 0.25) is 0 Å². The summed E-state index contributed by atoms with van der Waals surface area (Å²) in [6.45, 7) is 3.41. The number of benzene rings is 2. The highest BCUT2D eigenvalue weighted by molar-refractivity contribution is 7.92. The highest BCUT2D eigenvalue weighted by atomic mass is 32.2. The van der Waals surface area contributed by atoms with Gasteiger partial charge in [-0.1, -0.05) is 12.1 Å². The second kappa shape index (κ2) is 7.75. The van der Waals surface area contributed by atoms with E-state index in [1.54, 1.807) is 26.0 Å². The molecule has 2 N–H and O–H groups in total. The lowest BCUT2D eigenvalue weighted by Crippen LogP contribution is -2.18. The summed E-state index contributed by atoms with van der Waals surface area (Å²) in [5.41, 5.74) is 0.685. The lowest BCUT2D eigenvalue weighted by atomic mass is 10.1. The van der Waals surface area contributed by atoms with Crippen molar-refractivity contribution < 1.29 is 32.5 Å². The first-order valence-electron chi connectivity index (χ1n) is 7.82. The Hall–Kier alpha value is -2.94. The third-order valence-corrected chi connectivity index (χ3v) is 5.42. The van der Waals surface area contributed by atoms with Gasteiger partial charge in [-0.2, -0.15) is 0 Å². The Balaban J connectivity index is 2.73. The minimum absolute atomic E-state index is 0.0377. The van der Waals surface area contributed by atoms with E-state index in [-0.39, 0.29) is 33.4 Å². The number of aryl methyl sites for hydroxylation is 2. The number of aromatic carboxylic acids is 1. The van der Waals surface area contributed by atoms with Crippen LogP contribution in [-0.4, -0.2) is 40.8 Å². The standard InChI is InChI=1S/C18H21NO7S/c1-10-6-7-11(2)14(8-10)27(22,23)19-15-12(18(20)21)9-13(24-3)16(25-4)17(15)26-5/h6-9,19H,1-5H3,(H,20,21). The fourth-order valence-corrected chi connectivity index (χ4v) is 4.03. The van der Waals surface area contributed by atoms with Gasteiger partial charge in [0, 0.05) is 6.07 Å². The van der Waals surface area contributed by atoms with Crippen molar-refractivity contribution >= 4 is 21.7 Å². The van der Waals surface area contributed by atoms with Gasteiger partial charge in [-0.25, -0.2) is 13.2 Å². The smallest absolute Gasteiger partial charge is 0.338 e. The number of nitrogens with one attached hydrogen (secondary N) is 1. The minimum Gasteiger partial charge on any atom is -0.493 e. The Morgan fingerprint density at radius 1 is 1.00 bits per heavy atom. The number of carboxylic acid groups (broad SMARTS) is 1. The van der Waals surface area contributed by atoms with Crippen LogP contribution in [-0.2, 0) is 10.0 Å². The van der Waals surface area contributed by atoms with E-state index in [1.165, 1.54) is 33.5 Å². The first-order chi connectivity index (χ1) is 12.7. The van der Waals surface area contributed by atoms with Crippen molar-refractivity contribution in [3.05, 3.63) is 41.0 Å². The molecule has 0 amide bonds. The molecule has 2 aromatic carbocycles. The molecule has 0 radical (unpaired) electrons. The number of rotatable bonds is 7. The molecule has 27 heavy (non-hydrogen) atoms. The van der Waals surface area contributed by atoms with Crippen molar-refractivity contribution in [3.63, 3.8) is 0 Å². The number of hydrogen-bond donors (Lipinski definition) is 2. The first-order valence-corrected chi connectivity index (χ1v) is 9.30. The van der Waals surface area contributed by atoms with Gasteiger partial charge in [-0.05, 0) is 31.0 Å². The summed E-state index contributed by atoms with van der Waals surface area (Å²) < 4.78 is 43.8. The molecular weight excluding hydrogens is 374 g/mol. The van der Waals surface area contributed by atoms with Gasteiger partial charge in [-0.3, -0.25) is 4.72 Å². The van der Waals surface area contributed by atoms with Gasteiger partial charge >= 0.3 is 5.97 Å². The molecule has 0 aromatic heterocycles. The number of carbonyl (C=O) groups is 1. The van der Waals surface area contributed by atoms with Crippen LogP contribution in [0.1, 0.15) is 21.5 Å². The van der Waals surface area contributed by atoms with Crippen molar-refractivity contribution in [1.29, 1.82) is 0 Å². The molecule has 0 aliphatic carbocycles. The molecule has 0 bridgehead atoms. The largest absolute Gasteiger partial charge is 0.493 e. The molecule has 0 saturated heterocycles. The fourth-order valence-electron chi connectivity index (χ4n) is 2.61. The molecule has 0 atom stereocenters. The summed E-state index contributed by atoms with van der Waals surface area (Å²) in [6, 6.07) is 6.14. The second-order valence-electron chi connectivity index (χ2n) is 5.75. The minimum atomic E-state index is -4.09. The molecule has 0 spiro atoms. The number of methoxy groups -OCH3 is 3. The van der Waals surface area contributed by atoms with Gasteiger partial charge in [0.25, 0.3) is 10.0 Å². The molecule has 0 fully saturated rings. The average Bonchev–Trinajstić information content (AvgIpc) is 2.62. The molecule has 2 aromatic rings. The molecule has 0 aliphatic rings. The van der Waals surface area contributed by atoms with E-state index in [0.717, 1.165) is 5.56 Å². The van der Waals surface area contributed by atoms with Crippen LogP contribution in [0.25, 0.3) is 0 Å². The highest BCUT2D eigenvalue weighted by Gasteiger charge is 2.28. The van der Waals surface area contributed by atoms with Crippen LogP contribution in [0.3, 0.4) is 0 Å². The van der Waals surface area contributed by atoms with Crippen LogP contribution >= 0.6 is 0 Å². The van der Waals surface area contributed by atoms with Gasteiger partial charge in [0.05, 0.1) is 31.8 Å². The number of hydrogen-bond acceptors (Lipinski definition) is 6. The Morgan fingerprint density at radius 3 is 2.15 bits per heavy atom. The Bertz CT molecular complexity index is 984. The van der Waals surface area contributed by atoms with Crippen LogP contribution < -0.4 is 18.9 Å². The van der Waals surface area contributed by atoms with E-state index >= 15 is 0 Å². The summed E-state index contributed by atoms with van der Waals surface area (Å²) in [7, 11) is -0.140. The quantitative estimate of drug-likeness (QED) is 0.741. The van der Waals surface area contributed by atoms with Crippen LogP contribution in [0, 0.1) is 13.8 Å². The van der Waals surface area contributed by atoms with Crippen molar-refractivity contribution in [2.24, 2.45) is 0 Å². The van der Waals surface area contributed by atoms with Crippen LogP contribution in [0.5, 0.6) is 17.2 Å². The zero-order valence-electron chi connectivity index (χ0n) is 15.6. The van der Waals surface area contributed by atoms with Gasteiger partial charge < -0.3 is 19.3 Å². The molecule has 146 valence electrons. The maximum atomic E-state index is 12.9. The van der Waals surface area contributed by atoms with E-state index in [4.69, 9.17) is 14.2 Å². The zero-order chi connectivity index (χ0) is 20.4. The molecule has 8 nitrogen and oxygen atoms in total. The summed E-state index contributed by atoms with van der Waals surface area (Å²) in [6.07, 6.45) is 0. The maximum absolute atomic E-state index is 12.9. The Kier molecular flexibility index (Phi) is 5.85. The van der Waals surface area contributed by atoms with E-state index in [9.17, 15) is 18.3 Å². The fraction of sp³-hybridized carbons (Fsp3) is 0.278. The molecule has 0 unspecified atom stereocenters. The van der Waals surface area contributed by atoms with Crippen molar-refractivity contribution in [2.45, 2.75) is 18.7 Å². The lowest BCUT2D eigenvalue weighted by molar-refractivity contribution is 0.0697. The third kappa shape index (κ3) is 3.92. The van der Waals surface area contributed by atoms with E-state index in [2.05, 4.69) is 4.72 Å². The van der Waals surface area contributed by atoms with Crippen molar-refractivity contribution in [3.8, 4) is 17.2 Å². The number of ether oxygens (including phenoxy) is 3. The summed E-state index contributed by atoms with van der Waals surface area (Å²) >= 11 is 0. The van der Waals surface area contributed by atoms with E-state index < -0.39 is 16.0 Å².